The van der Waals surface area contributed by atoms with E-state index < -0.39 is 0 Å². The molecule has 0 aromatic heterocycles. The molecule has 4 unspecified atom stereocenters. The molecule has 0 aliphatic heterocycles. The summed E-state index contributed by atoms with van der Waals surface area (Å²) in [6.45, 7) is 22.1. The summed E-state index contributed by atoms with van der Waals surface area (Å²) in [7, 11) is 0. The molecule has 170 valence electrons. The van der Waals surface area contributed by atoms with Gasteiger partial charge in [-0.15, -0.1) is 0 Å². The Morgan fingerprint density at radius 3 is 2.20 bits per heavy atom. The van der Waals surface area contributed by atoms with Crippen molar-refractivity contribution in [3.8, 4) is 0 Å². The van der Waals surface area contributed by atoms with Crippen LogP contribution < -0.4 is 0 Å². The van der Waals surface area contributed by atoms with Gasteiger partial charge in [-0.25, -0.2) is 0 Å². The molecule has 1 heteroatoms. The Kier molecular flexibility index (Phi) is 5.05. The SMILES string of the molecule is CC(C)(C)CC1C2=CCC3[C@@](C)(CCC4C(C)(C)C(=O)CC[C@@]43C)C2CCC1(C)C. The van der Waals surface area contributed by atoms with Crippen LogP contribution in [0.5, 0.6) is 0 Å². The number of carbonyl (C=O) groups is 1. The Labute approximate surface area is 186 Å². The molecule has 1 nitrogen and oxygen atoms in total. The molecule has 4 aliphatic carbocycles. The van der Waals surface area contributed by atoms with Crippen molar-refractivity contribution in [1.82, 2.24) is 0 Å². The molecule has 3 saturated carbocycles. The molecule has 4 rings (SSSR count). The summed E-state index contributed by atoms with van der Waals surface area (Å²) in [6, 6.07) is 0. The maximum absolute atomic E-state index is 12.8. The highest BCUT2D eigenvalue weighted by Gasteiger charge is 2.63. The second-order valence-electron chi connectivity index (χ2n) is 14.6. The van der Waals surface area contributed by atoms with Gasteiger partial charge in [0.1, 0.15) is 5.78 Å². The minimum Gasteiger partial charge on any atom is -0.299 e. The van der Waals surface area contributed by atoms with Crippen molar-refractivity contribution >= 4 is 5.78 Å². The molecular formula is C29H48O. The summed E-state index contributed by atoms with van der Waals surface area (Å²) < 4.78 is 0. The first-order chi connectivity index (χ1) is 13.6. The van der Waals surface area contributed by atoms with Crippen LogP contribution in [-0.2, 0) is 4.79 Å². The van der Waals surface area contributed by atoms with Crippen LogP contribution in [0.4, 0.5) is 0 Å². The van der Waals surface area contributed by atoms with E-state index in [1.54, 1.807) is 0 Å². The third-order valence-electron chi connectivity index (χ3n) is 10.9. The van der Waals surface area contributed by atoms with E-state index >= 15 is 0 Å². The number of hydrogen-bond acceptors (Lipinski definition) is 1. The minimum absolute atomic E-state index is 0.137. The van der Waals surface area contributed by atoms with Gasteiger partial charge in [-0.05, 0) is 90.3 Å². The molecule has 3 fully saturated rings. The second-order valence-corrected chi connectivity index (χ2v) is 14.6. The van der Waals surface area contributed by atoms with E-state index in [1.807, 2.05) is 5.57 Å². The molecule has 0 N–H and O–H groups in total. The molecule has 30 heavy (non-hydrogen) atoms. The largest absolute Gasteiger partial charge is 0.299 e. The smallest absolute Gasteiger partial charge is 0.138 e. The van der Waals surface area contributed by atoms with Gasteiger partial charge in [-0.3, -0.25) is 4.79 Å². The fourth-order valence-corrected chi connectivity index (χ4v) is 9.15. The zero-order valence-electron chi connectivity index (χ0n) is 21.5. The van der Waals surface area contributed by atoms with E-state index in [0.717, 1.165) is 30.6 Å². The average molecular weight is 413 g/mol. The molecule has 0 saturated heterocycles. The number of Topliss-reactive ketones (excluding diaryl/α,β-unsaturated/α-hetero) is 1. The van der Waals surface area contributed by atoms with Gasteiger partial charge in [0.05, 0.1) is 0 Å². The lowest BCUT2D eigenvalue weighted by molar-refractivity contribution is -0.168. The van der Waals surface area contributed by atoms with E-state index in [0.29, 0.717) is 33.4 Å². The minimum atomic E-state index is -0.137. The molecule has 0 bridgehead atoms. The lowest BCUT2D eigenvalue weighted by Crippen LogP contribution is -2.60. The van der Waals surface area contributed by atoms with Crippen LogP contribution in [0.15, 0.2) is 11.6 Å². The van der Waals surface area contributed by atoms with Crippen LogP contribution in [0, 0.1) is 50.7 Å². The standard InChI is InChI=1S/C29H48O/c1-25(2,3)18-21-19-10-11-23-28(8,20(19)12-15-26(21,4)5)16-13-22-27(6,7)24(30)14-17-29(22,23)9/h10,20-23H,11-18H2,1-9H3/t20?,21?,22?,23?,28-,29-/m0/s1. The summed E-state index contributed by atoms with van der Waals surface area (Å²) >= 11 is 0. The number of hydrogen-bond donors (Lipinski definition) is 0. The Morgan fingerprint density at radius 2 is 1.57 bits per heavy atom. The number of ketones is 1. The number of carbonyl (C=O) groups excluding carboxylic acids is 1. The summed E-state index contributed by atoms with van der Waals surface area (Å²) in [5, 5.41) is 0. The van der Waals surface area contributed by atoms with Crippen molar-refractivity contribution in [1.29, 1.82) is 0 Å². The maximum atomic E-state index is 12.8. The van der Waals surface area contributed by atoms with E-state index in [9.17, 15) is 4.79 Å². The third kappa shape index (κ3) is 3.19. The molecule has 0 heterocycles. The van der Waals surface area contributed by atoms with Crippen molar-refractivity contribution < 1.29 is 4.79 Å². The maximum Gasteiger partial charge on any atom is 0.138 e. The summed E-state index contributed by atoms with van der Waals surface area (Å²) in [5.41, 5.74) is 3.21. The van der Waals surface area contributed by atoms with Crippen LogP contribution in [0.2, 0.25) is 0 Å². The molecule has 0 aromatic carbocycles. The number of rotatable bonds is 1. The zero-order valence-corrected chi connectivity index (χ0v) is 21.5. The molecule has 6 atom stereocenters. The van der Waals surface area contributed by atoms with Crippen molar-refractivity contribution in [2.45, 2.75) is 114 Å². The second kappa shape index (κ2) is 6.71. The van der Waals surface area contributed by atoms with E-state index in [-0.39, 0.29) is 5.41 Å². The van der Waals surface area contributed by atoms with Gasteiger partial charge in [-0.2, -0.15) is 0 Å². The fourth-order valence-electron chi connectivity index (χ4n) is 9.15. The Hall–Kier alpha value is -0.590. The fraction of sp³-hybridized carbons (Fsp3) is 0.897. The summed E-state index contributed by atoms with van der Waals surface area (Å²) in [5.74, 6) is 3.30. The van der Waals surface area contributed by atoms with Crippen molar-refractivity contribution in [2.75, 3.05) is 0 Å². The van der Waals surface area contributed by atoms with Crippen LogP contribution in [0.1, 0.15) is 114 Å². The molecule has 0 spiro atoms. The van der Waals surface area contributed by atoms with Gasteiger partial charge in [-0.1, -0.05) is 74.0 Å². The lowest BCUT2D eigenvalue weighted by Gasteiger charge is -2.66. The van der Waals surface area contributed by atoms with Crippen molar-refractivity contribution in [3.63, 3.8) is 0 Å². The van der Waals surface area contributed by atoms with Gasteiger partial charge in [0.25, 0.3) is 0 Å². The predicted molar refractivity (Wildman–Crippen MR) is 127 cm³/mol. The zero-order chi connectivity index (χ0) is 22.3. The van der Waals surface area contributed by atoms with Crippen LogP contribution in [-0.4, -0.2) is 5.78 Å². The molecular weight excluding hydrogens is 364 g/mol. The lowest BCUT2D eigenvalue weighted by atomic mass is 9.38. The highest BCUT2D eigenvalue weighted by atomic mass is 16.1. The Morgan fingerprint density at radius 1 is 0.900 bits per heavy atom. The van der Waals surface area contributed by atoms with E-state index in [4.69, 9.17) is 0 Å². The topological polar surface area (TPSA) is 17.1 Å². The molecule has 0 radical (unpaired) electrons. The van der Waals surface area contributed by atoms with Gasteiger partial charge in [0.15, 0.2) is 0 Å². The summed E-state index contributed by atoms with van der Waals surface area (Å²) in [4.78, 5) is 12.8. The predicted octanol–water partition coefficient (Wildman–Crippen LogP) is 8.23. The van der Waals surface area contributed by atoms with E-state index in [2.05, 4.69) is 68.4 Å². The quantitative estimate of drug-likeness (QED) is 0.396. The van der Waals surface area contributed by atoms with Gasteiger partial charge >= 0.3 is 0 Å². The first kappa shape index (κ1) is 22.6. The van der Waals surface area contributed by atoms with Crippen molar-refractivity contribution in [2.24, 2.45) is 50.7 Å². The third-order valence-corrected chi connectivity index (χ3v) is 10.9. The van der Waals surface area contributed by atoms with Gasteiger partial charge in [0, 0.05) is 11.8 Å². The van der Waals surface area contributed by atoms with Crippen molar-refractivity contribution in [3.05, 3.63) is 11.6 Å². The van der Waals surface area contributed by atoms with E-state index in [1.165, 1.54) is 38.5 Å². The van der Waals surface area contributed by atoms with Crippen LogP contribution in [0.25, 0.3) is 0 Å². The molecule has 0 amide bonds. The summed E-state index contributed by atoms with van der Waals surface area (Å²) in [6.07, 6.45) is 12.5. The van der Waals surface area contributed by atoms with Gasteiger partial charge in [0.2, 0.25) is 0 Å². The first-order valence-electron chi connectivity index (χ1n) is 12.9. The number of fused-ring (bicyclic) bond motifs is 5. The Bertz CT molecular complexity index is 747. The molecule has 4 aliphatic rings. The average Bonchev–Trinajstić information content (AvgIpc) is 2.59. The molecule has 0 aromatic rings. The monoisotopic (exact) mass is 412 g/mol. The van der Waals surface area contributed by atoms with Gasteiger partial charge < -0.3 is 0 Å². The Balaban J connectivity index is 1.74. The highest BCUT2D eigenvalue weighted by Crippen LogP contribution is 2.70. The van der Waals surface area contributed by atoms with Crippen LogP contribution in [0.3, 0.4) is 0 Å². The van der Waals surface area contributed by atoms with Crippen LogP contribution >= 0.6 is 0 Å². The highest BCUT2D eigenvalue weighted by molar-refractivity contribution is 5.85. The first-order valence-corrected chi connectivity index (χ1v) is 12.9. The number of allylic oxidation sites excluding steroid dienone is 2. The normalized spacial score (nSPS) is 45.1.